The number of hydrazone groups is 1. The van der Waals surface area contributed by atoms with E-state index in [-0.39, 0.29) is 0 Å². The molecule has 0 spiro atoms. The normalized spacial score (nSPS) is 11.0. The van der Waals surface area contributed by atoms with Gasteiger partial charge in [0, 0.05) is 28.9 Å². The maximum absolute atomic E-state index is 4.58. The summed E-state index contributed by atoms with van der Waals surface area (Å²) in [5.74, 6) is 0. The minimum Gasteiger partial charge on any atom is -0.264 e. The largest absolute Gasteiger partial charge is 0.264 e. The third kappa shape index (κ3) is 3.38. The Labute approximate surface area is 133 Å². The van der Waals surface area contributed by atoms with E-state index < -0.39 is 0 Å². The van der Waals surface area contributed by atoms with Gasteiger partial charge in [-0.25, -0.2) is 4.98 Å². The molecular formula is C17H16N4S. The first-order valence-electron chi connectivity index (χ1n) is 6.94. The van der Waals surface area contributed by atoms with Crippen molar-refractivity contribution < 1.29 is 0 Å². The number of nitrogens with zero attached hydrogens (tertiary/aromatic N) is 3. The molecule has 1 N–H and O–H groups in total. The molecule has 0 saturated carbocycles. The lowest BCUT2D eigenvalue weighted by Gasteiger charge is -2.03. The van der Waals surface area contributed by atoms with Crippen molar-refractivity contribution in [3.63, 3.8) is 0 Å². The lowest BCUT2D eigenvalue weighted by molar-refractivity contribution is 1.27. The van der Waals surface area contributed by atoms with Crippen molar-refractivity contribution in [2.45, 2.75) is 13.8 Å². The first-order chi connectivity index (χ1) is 10.7. The fourth-order valence-electron chi connectivity index (χ4n) is 2.16. The molecule has 0 saturated heterocycles. The van der Waals surface area contributed by atoms with Crippen LogP contribution in [0, 0.1) is 13.8 Å². The molecule has 0 amide bonds. The van der Waals surface area contributed by atoms with E-state index in [4.69, 9.17) is 0 Å². The van der Waals surface area contributed by atoms with Crippen molar-refractivity contribution in [3.8, 4) is 11.3 Å². The van der Waals surface area contributed by atoms with Gasteiger partial charge >= 0.3 is 0 Å². The monoisotopic (exact) mass is 308 g/mol. The topological polar surface area (TPSA) is 50.2 Å². The second-order valence-corrected chi connectivity index (χ2v) is 5.87. The molecular weight excluding hydrogens is 292 g/mol. The first kappa shape index (κ1) is 14.4. The Kier molecular flexibility index (Phi) is 4.25. The lowest BCUT2D eigenvalue weighted by Crippen LogP contribution is -1.91. The molecule has 4 nitrogen and oxygen atoms in total. The maximum Gasteiger partial charge on any atom is 0.203 e. The number of hydrogen-bond acceptors (Lipinski definition) is 5. The van der Waals surface area contributed by atoms with Crippen molar-refractivity contribution in [1.29, 1.82) is 0 Å². The number of aryl methyl sites for hydroxylation is 2. The van der Waals surface area contributed by atoms with E-state index in [0.29, 0.717) is 0 Å². The van der Waals surface area contributed by atoms with Crippen LogP contribution < -0.4 is 5.43 Å². The molecule has 5 heteroatoms. The highest BCUT2D eigenvalue weighted by molar-refractivity contribution is 7.14. The average Bonchev–Trinajstić information content (AvgIpc) is 2.97. The third-order valence-electron chi connectivity index (χ3n) is 3.22. The molecule has 0 fully saturated rings. The molecule has 0 aliphatic carbocycles. The number of anilines is 1. The standard InChI is InChI=1S/C17H16N4S/c1-12-5-6-15(13(2)8-12)16-11-22-17(20-16)21-19-10-14-4-3-7-18-9-14/h3-11H,1-2H3,(H,20,21)/b19-10-. The van der Waals surface area contributed by atoms with Gasteiger partial charge in [0.25, 0.3) is 0 Å². The zero-order valence-electron chi connectivity index (χ0n) is 12.4. The molecule has 0 unspecified atom stereocenters. The summed E-state index contributed by atoms with van der Waals surface area (Å²) in [5, 5.41) is 7.00. The minimum atomic E-state index is 0.773. The average molecular weight is 308 g/mol. The van der Waals surface area contributed by atoms with Crippen LogP contribution in [0.15, 0.2) is 53.2 Å². The fourth-order valence-corrected chi connectivity index (χ4v) is 2.82. The number of rotatable bonds is 4. The van der Waals surface area contributed by atoms with Gasteiger partial charge in [0.15, 0.2) is 0 Å². The highest BCUT2D eigenvalue weighted by Crippen LogP contribution is 2.27. The van der Waals surface area contributed by atoms with Crippen molar-refractivity contribution in [2.75, 3.05) is 5.43 Å². The van der Waals surface area contributed by atoms with Gasteiger partial charge in [0.2, 0.25) is 5.13 Å². The van der Waals surface area contributed by atoms with Crippen LogP contribution >= 0.6 is 11.3 Å². The molecule has 3 aromatic rings. The van der Waals surface area contributed by atoms with E-state index in [9.17, 15) is 0 Å². The number of nitrogens with one attached hydrogen (secondary N) is 1. The molecule has 0 bridgehead atoms. The smallest absolute Gasteiger partial charge is 0.203 e. The van der Waals surface area contributed by atoms with Gasteiger partial charge < -0.3 is 0 Å². The molecule has 1 aromatic carbocycles. The summed E-state index contributed by atoms with van der Waals surface area (Å²) >= 11 is 1.54. The van der Waals surface area contributed by atoms with Crippen LogP contribution in [0.5, 0.6) is 0 Å². The summed E-state index contributed by atoms with van der Waals surface area (Å²) in [7, 11) is 0. The Morgan fingerprint density at radius 3 is 2.91 bits per heavy atom. The minimum absolute atomic E-state index is 0.773. The third-order valence-corrected chi connectivity index (χ3v) is 3.97. The zero-order valence-corrected chi connectivity index (χ0v) is 13.3. The van der Waals surface area contributed by atoms with Crippen LogP contribution in [0.2, 0.25) is 0 Å². The Hall–Kier alpha value is -2.53. The number of hydrogen-bond donors (Lipinski definition) is 1. The Morgan fingerprint density at radius 1 is 1.23 bits per heavy atom. The number of thiazole rings is 1. The summed E-state index contributed by atoms with van der Waals surface area (Å²) in [6.07, 6.45) is 5.22. The molecule has 2 aromatic heterocycles. The van der Waals surface area contributed by atoms with E-state index in [1.165, 1.54) is 11.1 Å². The highest BCUT2D eigenvalue weighted by atomic mass is 32.1. The van der Waals surface area contributed by atoms with Gasteiger partial charge in [-0.1, -0.05) is 29.8 Å². The van der Waals surface area contributed by atoms with Crippen molar-refractivity contribution in [2.24, 2.45) is 5.10 Å². The van der Waals surface area contributed by atoms with Gasteiger partial charge in [-0.15, -0.1) is 11.3 Å². The molecule has 3 rings (SSSR count). The van der Waals surface area contributed by atoms with Gasteiger partial charge in [-0.05, 0) is 25.5 Å². The Bertz CT molecular complexity index is 793. The quantitative estimate of drug-likeness (QED) is 0.578. The van der Waals surface area contributed by atoms with Gasteiger partial charge in [-0.3, -0.25) is 10.4 Å². The van der Waals surface area contributed by atoms with E-state index in [1.807, 2.05) is 17.5 Å². The van der Waals surface area contributed by atoms with E-state index in [1.54, 1.807) is 29.9 Å². The molecule has 0 aliphatic heterocycles. The molecule has 2 heterocycles. The van der Waals surface area contributed by atoms with Crippen LogP contribution in [0.3, 0.4) is 0 Å². The van der Waals surface area contributed by atoms with Gasteiger partial charge in [0.1, 0.15) is 0 Å². The number of pyridine rings is 1. The number of aromatic nitrogens is 2. The van der Waals surface area contributed by atoms with Crippen LogP contribution in [-0.2, 0) is 0 Å². The van der Waals surface area contributed by atoms with Crippen molar-refractivity contribution in [3.05, 3.63) is 64.8 Å². The molecule has 0 radical (unpaired) electrons. The predicted octanol–water partition coefficient (Wildman–Crippen LogP) is 4.27. The lowest BCUT2D eigenvalue weighted by atomic mass is 10.0. The molecule has 0 aliphatic rings. The van der Waals surface area contributed by atoms with Crippen LogP contribution in [0.25, 0.3) is 11.3 Å². The summed E-state index contributed by atoms with van der Waals surface area (Å²) in [6, 6.07) is 10.2. The predicted molar refractivity (Wildman–Crippen MR) is 92.5 cm³/mol. The molecule has 110 valence electrons. The van der Waals surface area contributed by atoms with E-state index >= 15 is 0 Å². The van der Waals surface area contributed by atoms with Crippen LogP contribution in [-0.4, -0.2) is 16.2 Å². The first-order valence-corrected chi connectivity index (χ1v) is 7.82. The maximum atomic E-state index is 4.58. The van der Waals surface area contributed by atoms with Crippen molar-refractivity contribution >= 4 is 22.7 Å². The summed E-state index contributed by atoms with van der Waals surface area (Å²) in [6.45, 7) is 4.20. The molecule has 0 atom stereocenters. The Morgan fingerprint density at radius 2 is 2.14 bits per heavy atom. The molecule has 22 heavy (non-hydrogen) atoms. The fraction of sp³-hybridized carbons (Fsp3) is 0.118. The zero-order chi connectivity index (χ0) is 15.4. The van der Waals surface area contributed by atoms with Crippen molar-refractivity contribution in [1.82, 2.24) is 9.97 Å². The Balaban J connectivity index is 1.73. The SMILES string of the molecule is Cc1ccc(-c2csc(N/N=C\c3cccnc3)n2)c(C)c1. The van der Waals surface area contributed by atoms with Gasteiger partial charge in [-0.2, -0.15) is 5.10 Å². The highest BCUT2D eigenvalue weighted by Gasteiger charge is 2.06. The second-order valence-electron chi connectivity index (χ2n) is 5.01. The summed E-state index contributed by atoms with van der Waals surface area (Å²) in [4.78, 5) is 8.62. The van der Waals surface area contributed by atoms with Crippen LogP contribution in [0.1, 0.15) is 16.7 Å². The number of benzene rings is 1. The van der Waals surface area contributed by atoms with Gasteiger partial charge in [0.05, 0.1) is 11.9 Å². The van der Waals surface area contributed by atoms with E-state index in [2.05, 4.69) is 52.5 Å². The van der Waals surface area contributed by atoms with Crippen LogP contribution in [0.4, 0.5) is 5.13 Å². The summed E-state index contributed by atoms with van der Waals surface area (Å²) in [5.41, 5.74) is 8.53. The summed E-state index contributed by atoms with van der Waals surface area (Å²) < 4.78 is 0. The van der Waals surface area contributed by atoms with E-state index in [0.717, 1.165) is 22.0 Å². The second kappa shape index (κ2) is 6.49.